The Morgan fingerprint density at radius 1 is 1.20 bits per heavy atom. The normalized spacial score (nSPS) is 15.1. The highest BCUT2D eigenvalue weighted by Gasteiger charge is 2.11. The molecule has 0 aliphatic carbocycles. The van der Waals surface area contributed by atoms with E-state index in [1.807, 2.05) is 33.0 Å². The first kappa shape index (κ1) is 12.0. The van der Waals surface area contributed by atoms with Crippen molar-refractivity contribution in [3.63, 3.8) is 0 Å². The van der Waals surface area contributed by atoms with Gasteiger partial charge >= 0.3 is 0 Å². The van der Waals surface area contributed by atoms with Gasteiger partial charge in [0.05, 0.1) is 12.3 Å². The summed E-state index contributed by atoms with van der Waals surface area (Å²) in [5.74, 6) is 1.11. The summed E-state index contributed by atoms with van der Waals surface area (Å²) in [4.78, 5) is 4.16. The molecule has 0 aliphatic rings. The zero-order chi connectivity index (χ0) is 11.4. The second-order valence-electron chi connectivity index (χ2n) is 4.27. The number of hydrogen-bond acceptors (Lipinski definition) is 3. The van der Waals surface area contributed by atoms with Gasteiger partial charge in [-0.1, -0.05) is 6.92 Å². The molecule has 1 rings (SSSR count). The predicted octanol–water partition coefficient (Wildman–Crippen LogP) is 2.32. The first-order valence-electron chi connectivity index (χ1n) is 5.38. The molecule has 2 unspecified atom stereocenters. The minimum Gasteiger partial charge on any atom is -0.489 e. The van der Waals surface area contributed by atoms with Crippen LogP contribution in [0, 0.1) is 0 Å². The Balaban J connectivity index is 2.82. The molecule has 2 atom stereocenters. The Morgan fingerprint density at radius 2 is 1.87 bits per heavy atom. The first-order chi connectivity index (χ1) is 7.00. The molecule has 0 amide bonds. The lowest BCUT2D eigenvalue weighted by molar-refractivity contribution is 0.241. The predicted molar refractivity (Wildman–Crippen MR) is 62.1 cm³/mol. The van der Waals surface area contributed by atoms with Crippen molar-refractivity contribution in [1.82, 2.24) is 4.98 Å². The van der Waals surface area contributed by atoms with E-state index in [4.69, 9.17) is 10.5 Å². The van der Waals surface area contributed by atoms with Gasteiger partial charge in [-0.2, -0.15) is 0 Å². The van der Waals surface area contributed by atoms with Crippen LogP contribution in [0.3, 0.4) is 0 Å². The Hall–Kier alpha value is -1.09. The van der Waals surface area contributed by atoms with Crippen molar-refractivity contribution in [2.24, 2.45) is 5.73 Å². The second kappa shape index (κ2) is 5.12. The molecule has 0 aromatic carbocycles. The highest BCUT2D eigenvalue weighted by molar-refractivity contribution is 5.26. The summed E-state index contributed by atoms with van der Waals surface area (Å²) < 4.78 is 5.58. The van der Waals surface area contributed by atoms with Crippen molar-refractivity contribution in [3.05, 3.63) is 24.0 Å². The summed E-state index contributed by atoms with van der Waals surface area (Å²) >= 11 is 0. The van der Waals surface area contributed by atoms with Crippen LogP contribution in [-0.4, -0.2) is 17.1 Å². The van der Waals surface area contributed by atoms with Crippen molar-refractivity contribution in [3.8, 4) is 5.75 Å². The molecular formula is C12H20N2O. The lowest BCUT2D eigenvalue weighted by Crippen LogP contribution is -2.22. The number of nitrogens with two attached hydrogens (primary N) is 1. The number of nitrogens with zero attached hydrogens (tertiary/aromatic N) is 1. The Kier molecular flexibility index (Phi) is 4.09. The molecule has 0 saturated carbocycles. The van der Waals surface area contributed by atoms with Crippen LogP contribution in [0.4, 0.5) is 0 Å². The van der Waals surface area contributed by atoms with E-state index in [9.17, 15) is 0 Å². The Bertz CT molecular complexity index is 310. The van der Waals surface area contributed by atoms with Gasteiger partial charge in [0.1, 0.15) is 5.75 Å². The fourth-order valence-electron chi connectivity index (χ4n) is 1.32. The second-order valence-corrected chi connectivity index (χ2v) is 4.27. The van der Waals surface area contributed by atoms with Crippen LogP contribution in [0.2, 0.25) is 0 Å². The molecule has 0 aliphatic heterocycles. The first-order valence-corrected chi connectivity index (χ1v) is 5.38. The smallest absolute Gasteiger partial charge is 0.138 e. The maximum absolute atomic E-state index is 5.85. The van der Waals surface area contributed by atoms with Crippen molar-refractivity contribution in [2.45, 2.75) is 45.8 Å². The van der Waals surface area contributed by atoms with Gasteiger partial charge in [0.25, 0.3) is 0 Å². The molecule has 0 radical (unpaired) electrons. The topological polar surface area (TPSA) is 48.1 Å². The largest absolute Gasteiger partial charge is 0.489 e. The van der Waals surface area contributed by atoms with E-state index in [2.05, 4.69) is 11.9 Å². The van der Waals surface area contributed by atoms with Gasteiger partial charge in [0, 0.05) is 12.2 Å². The van der Waals surface area contributed by atoms with E-state index in [-0.39, 0.29) is 12.1 Å². The van der Waals surface area contributed by atoms with Crippen LogP contribution >= 0.6 is 0 Å². The van der Waals surface area contributed by atoms with Gasteiger partial charge in [-0.05, 0) is 38.3 Å². The van der Waals surface area contributed by atoms with Crippen LogP contribution in [0.15, 0.2) is 18.5 Å². The van der Waals surface area contributed by atoms with Gasteiger partial charge in [-0.15, -0.1) is 0 Å². The standard InChI is InChI=1S/C12H20N2O/c1-8(2)15-12-5-11(6-14-7-12)9(3)10(4)13/h5-10H,13H2,1-4H3. The zero-order valence-electron chi connectivity index (χ0n) is 9.90. The summed E-state index contributed by atoms with van der Waals surface area (Å²) in [5.41, 5.74) is 6.98. The third-order valence-electron chi connectivity index (χ3n) is 2.42. The summed E-state index contributed by atoms with van der Waals surface area (Å²) in [6, 6.07) is 2.14. The molecule has 3 nitrogen and oxygen atoms in total. The molecular weight excluding hydrogens is 188 g/mol. The molecule has 2 N–H and O–H groups in total. The molecule has 0 spiro atoms. The van der Waals surface area contributed by atoms with Crippen LogP contribution in [0.1, 0.15) is 39.2 Å². The van der Waals surface area contributed by atoms with E-state index in [1.165, 1.54) is 0 Å². The van der Waals surface area contributed by atoms with Crippen molar-refractivity contribution in [1.29, 1.82) is 0 Å². The number of rotatable bonds is 4. The quantitative estimate of drug-likeness (QED) is 0.826. The molecule has 3 heteroatoms. The molecule has 1 aromatic heterocycles. The van der Waals surface area contributed by atoms with Gasteiger partial charge in [0.15, 0.2) is 0 Å². The molecule has 84 valence electrons. The van der Waals surface area contributed by atoms with E-state index >= 15 is 0 Å². The van der Waals surface area contributed by atoms with Crippen LogP contribution in [0.5, 0.6) is 5.75 Å². The molecule has 1 aromatic rings. The highest BCUT2D eigenvalue weighted by atomic mass is 16.5. The molecule has 0 fully saturated rings. The van der Waals surface area contributed by atoms with Crippen molar-refractivity contribution in [2.75, 3.05) is 0 Å². The monoisotopic (exact) mass is 208 g/mol. The number of aromatic nitrogens is 1. The minimum atomic E-state index is 0.126. The summed E-state index contributed by atoms with van der Waals surface area (Å²) in [6.07, 6.45) is 3.76. The SMILES string of the molecule is CC(C)Oc1cncc(C(C)C(C)N)c1. The van der Waals surface area contributed by atoms with Gasteiger partial charge in [0.2, 0.25) is 0 Å². The minimum absolute atomic E-state index is 0.126. The van der Waals surface area contributed by atoms with Gasteiger partial charge < -0.3 is 10.5 Å². The summed E-state index contributed by atoms with van der Waals surface area (Å²) in [5, 5.41) is 0. The third kappa shape index (κ3) is 3.51. The molecule has 0 saturated heterocycles. The lowest BCUT2D eigenvalue weighted by Gasteiger charge is -2.17. The van der Waals surface area contributed by atoms with E-state index in [0.29, 0.717) is 5.92 Å². The maximum atomic E-state index is 5.85. The van der Waals surface area contributed by atoms with Crippen molar-refractivity contribution >= 4 is 0 Å². The summed E-state index contributed by atoms with van der Waals surface area (Å²) in [7, 11) is 0. The van der Waals surface area contributed by atoms with Crippen LogP contribution < -0.4 is 10.5 Å². The van der Waals surface area contributed by atoms with Crippen LogP contribution in [0.25, 0.3) is 0 Å². The van der Waals surface area contributed by atoms with E-state index < -0.39 is 0 Å². The average molecular weight is 208 g/mol. The summed E-state index contributed by atoms with van der Waals surface area (Å²) in [6.45, 7) is 8.10. The number of hydrogen-bond donors (Lipinski definition) is 1. The maximum Gasteiger partial charge on any atom is 0.138 e. The molecule has 0 bridgehead atoms. The van der Waals surface area contributed by atoms with Crippen LogP contribution in [-0.2, 0) is 0 Å². The molecule has 1 heterocycles. The zero-order valence-corrected chi connectivity index (χ0v) is 9.90. The van der Waals surface area contributed by atoms with Gasteiger partial charge in [-0.3, -0.25) is 4.98 Å². The third-order valence-corrected chi connectivity index (χ3v) is 2.42. The fourth-order valence-corrected chi connectivity index (χ4v) is 1.32. The number of ether oxygens (including phenoxy) is 1. The van der Waals surface area contributed by atoms with Crippen molar-refractivity contribution < 1.29 is 4.74 Å². The lowest BCUT2D eigenvalue weighted by atomic mass is 9.96. The Labute approximate surface area is 91.7 Å². The van der Waals surface area contributed by atoms with E-state index in [0.717, 1.165) is 11.3 Å². The van der Waals surface area contributed by atoms with E-state index in [1.54, 1.807) is 6.20 Å². The molecule has 15 heavy (non-hydrogen) atoms. The Morgan fingerprint density at radius 3 is 2.40 bits per heavy atom. The average Bonchev–Trinajstić information content (AvgIpc) is 2.16. The fraction of sp³-hybridized carbons (Fsp3) is 0.583. The highest BCUT2D eigenvalue weighted by Crippen LogP contribution is 2.21. The number of pyridine rings is 1. The van der Waals surface area contributed by atoms with Gasteiger partial charge in [-0.25, -0.2) is 0 Å².